The van der Waals surface area contributed by atoms with Crippen LogP contribution < -0.4 is 15.1 Å². The SMILES string of the molecule is CC1=NCC2(CCN(c3nc(NC4CCC(N(C(=O)CCc5ccccc5)c5ccc(-c6cnn(C)c6)cn5)CC4)ncc3C#N)C2)C1. The maximum atomic E-state index is 13.9. The second-order valence-electron chi connectivity index (χ2n) is 13.6. The van der Waals surface area contributed by atoms with E-state index >= 15 is 0 Å². The Morgan fingerprint density at radius 2 is 1.90 bits per heavy atom. The number of aromatic nitrogens is 5. The first-order chi connectivity index (χ1) is 23.4. The Morgan fingerprint density at radius 3 is 2.58 bits per heavy atom. The molecule has 48 heavy (non-hydrogen) atoms. The van der Waals surface area contributed by atoms with Crippen LogP contribution in [0.25, 0.3) is 11.1 Å². The fraction of sp³-hybridized carbons (Fsp3) is 0.432. The summed E-state index contributed by atoms with van der Waals surface area (Å²) >= 11 is 0. The van der Waals surface area contributed by atoms with Crippen molar-refractivity contribution in [1.29, 1.82) is 5.26 Å². The summed E-state index contributed by atoms with van der Waals surface area (Å²) in [6.07, 6.45) is 13.8. The Morgan fingerprint density at radius 1 is 1.06 bits per heavy atom. The number of hydrogen-bond acceptors (Lipinski definition) is 9. The highest BCUT2D eigenvalue weighted by Gasteiger charge is 2.42. The summed E-state index contributed by atoms with van der Waals surface area (Å²) in [6.45, 7) is 4.68. The lowest BCUT2D eigenvalue weighted by molar-refractivity contribution is -0.119. The van der Waals surface area contributed by atoms with Gasteiger partial charge in [-0.25, -0.2) is 9.97 Å². The molecule has 1 saturated carbocycles. The normalized spacial score (nSPS) is 22.0. The number of carbonyl (C=O) groups excluding carboxylic acids is 1. The van der Waals surface area contributed by atoms with Gasteiger partial charge in [0, 0.05) is 79.8 Å². The second kappa shape index (κ2) is 13.6. The highest BCUT2D eigenvalue weighted by atomic mass is 16.2. The summed E-state index contributed by atoms with van der Waals surface area (Å²) in [5.74, 6) is 2.03. The summed E-state index contributed by atoms with van der Waals surface area (Å²) in [7, 11) is 1.89. The van der Waals surface area contributed by atoms with Gasteiger partial charge in [-0.15, -0.1) is 0 Å². The van der Waals surface area contributed by atoms with Gasteiger partial charge in [-0.3, -0.25) is 19.4 Å². The van der Waals surface area contributed by atoms with Crippen molar-refractivity contribution >= 4 is 29.2 Å². The van der Waals surface area contributed by atoms with Gasteiger partial charge < -0.3 is 10.2 Å². The van der Waals surface area contributed by atoms with Crippen molar-refractivity contribution in [2.45, 2.75) is 70.4 Å². The quantitative estimate of drug-likeness (QED) is 0.250. The van der Waals surface area contributed by atoms with Crippen molar-refractivity contribution in [1.82, 2.24) is 24.7 Å². The molecule has 1 aliphatic carbocycles. The number of anilines is 3. The fourth-order valence-corrected chi connectivity index (χ4v) is 7.57. The first kappa shape index (κ1) is 31.5. The summed E-state index contributed by atoms with van der Waals surface area (Å²) in [5.41, 5.74) is 4.98. The lowest BCUT2D eigenvalue weighted by atomic mass is 9.84. The van der Waals surface area contributed by atoms with Gasteiger partial charge in [0.05, 0.1) is 12.4 Å². The van der Waals surface area contributed by atoms with E-state index in [2.05, 4.69) is 50.4 Å². The Hall–Kier alpha value is -5.11. The maximum absolute atomic E-state index is 13.9. The average molecular weight is 643 g/mol. The Kier molecular flexibility index (Phi) is 8.89. The van der Waals surface area contributed by atoms with E-state index in [4.69, 9.17) is 9.97 Å². The first-order valence-electron chi connectivity index (χ1n) is 17.0. The van der Waals surface area contributed by atoms with Gasteiger partial charge >= 0.3 is 0 Å². The van der Waals surface area contributed by atoms with Crippen LogP contribution in [0.15, 0.2) is 72.2 Å². The summed E-state index contributed by atoms with van der Waals surface area (Å²) < 4.78 is 1.77. The first-order valence-corrected chi connectivity index (χ1v) is 17.0. The fourth-order valence-electron chi connectivity index (χ4n) is 7.57. The molecule has 1 N–H and O–H groups in total. The molecule has 11 heteroatoms. The lowest BCUT2D eigenvalue weighted by Crippen LogP contribution is -2.45. The highest BCUT2D eigenvalue weighted by Crippen LogP contribution is 2.40. The van der Waals surface area contributed by atoms with Crippen LogP contribution in [0, 0.1) is 16.7 Å². The van der Waals surface area contributed by atoms with Gasteiger partial charge in [0.2, 0.25) is 11.9 Å². The van der Waals surface area contributed by atoms with Gasteiger partial charge in [0.1, 0.15) is 17.5 Å². The van der Waals surface area contributed by atoms with E-state index in [0.717, 1.165) is 74.8 Å². The number of pyridine rings is 1. The van der Waals surface area contributed by atoms with E-state index in [0.29, 0.717) is 36.0 Å². The van der Waals surface area contributed by atoms with Gasteiger partial charge in [0.25, 0.3) is 0 Å². The van der Waals surface area contributed by atoms with Crippen LogP contribution in [0.5, 0.6) is 0 Å². The molecular weight excluding hydrogens is 600 g/mol. The molecule has 1 amide bonds. The maximum Gasteiger partial charge on any atom is 0.228 e. The monoisotopic (exact) mass is 642 g/mol. The number of aliphatic imine (C=N–C) groups is 1. The van der Waals surface area contributed by atoms with Crippen molar-refractivity contribution in [2.24, 2.45) is 17.5 Å². The molecule has 2 aliphatic heterocycles. The molecule has 5 heterocycles. The average Bonchev–Trinajstić information content (AvgIpc) is 3.85. The van der Waals surface area contributed by atoms with E-state index in [1.165, 1.54) is 5.71 Å². The predicted molar refractivity (Wildman–Crippen MR) is 187 cm³/mol. The molecular formula is C37H42N10O. The van der Waals surface area contributed by atoms with E-state index in [9.17, 15) is 10.1 Å². The number of hydrogen-bond donors (Lipinski definition) is 1. The molecule has 246 valence electrons. The van der Waals surface area contributed by atoms with Gasteiger partial charge in [-0.2, -0.15) is 15.3 Å². The number of amides is 1. The van der Waals surface area contributed by atoms with Crippen molar-refractivity contribution < 1.29 is 4.79 Å². The zero-order valence-electron chi connectivity index (χ0n) is 27.7. The molecule has 0 radical (unpaired) electrons. The van der Waals surface area contributed by atoms with Gasteiger partial charge in [-0.1, -0.05) is 30.3 Å². The minimum absolute atomic E-state index is 0.0402. The Labute approximate surface area is 281 Å². The van der Waals surface area contributed by atoms with Crippen LogP contribution in [-0.4, -0.2) is 68.1 Å². The third kappa shape index (κ3) is 6.79. The van der Waals surface area contributed by atoms with Crippen LogP contribution >= 0.6 is 0 Å². The molecule has 1 saturated heterocycles. The molecule has 11 nitrogen and oxygen atoms in total. The lowest BCUT2D eigenvalue weighted by Gasteiger charge is -2.36. The Bertz CT molecular complexity index is 1820. The molecule has 4 aromatic rings. The molecule has 3 aliphatic rings. The van der Waals surface area contributed by atoms with E-state index in [1.807, 2.05) is 60.9 Å². The predicted octanol–water partition coefficient (Wildman–Crippen LogP) is 5.59. The van der Waals surface area contributed by atoms with Gasteiger partial charge in [0.15, 0.2) is 5.82 Å². The third-order valence-corrected chi connectivity index (χ3v) is 10.1. The minimum atomic E-state index is 0.0402. The number of nitriles is 1. The van der Waals surface area contributed by atoms with Crippen LogP contribution in [0.1, 0.15) is 63.0 Å². The summed E-state index contributed by atoms with van der Waals surface area (Å²) in [4.78, 5) is 36.9. The molecule has 1 spiro atoms. The number of aryl methyl sites for hydroxylation is 2. The molecule has 7 rings (SSSR count). The summed E-state index contributed by atoms with van der Waals surface area (Å²) in [6, 6.07) is 16.6. The third-order valence-electron chi connectivity index (χ3n) is 10.1. The number of rotatable bonds is 9. The molecule has 0 bridgehead atoms. The molecule has 1 unspecified atom stereocenters. The van der Waals surface area contributed by atoms with E-state index in [1.54, 1.807) is 10.9 Å². The number of benzene rings is 1. The zero-order valence-corrected chi connectivity index (χ0v) is 27.7. The smallest absolute Gasteiger partial charge is 0.228 e. The number of carbonyl (C=O) groups is 1. The van der Waals surface area contributed by atoms with Crippen molar-refractivity contribution in [3.05, 3.63) is 78.4 Å². The van der Waals surface area contributed by atoms with Crippen LogP contribution in [-0.2, 0) is 18.3 Å². The highest BCUT2D eigenvalue weighted by molar-refractivity contribution is 5.93. The standard InChI is InChI=1S/C37H42N10O/c1-26-18-37(24-41-26)16-17-46(25-37)35-29(19-38)21-40-36(44-35)43-31-10-12-32(13-11-31)47(34(48)15-8-27-6-4-3-5-7-27)33-14-9-28(20-39-33)30-22-42-45(2)23-30/h3-7,9,14,20-23,31-32H,8,10-13,15-18,24-25H2,1-2H3,(H,40,43,44). The second-order valence-corrected chi connectivity index (χ2v) is 13.6. The largest absolute Gasteiger partial charge is 0.355 e. The van der Waals surface area contributed by atoms with Crippen molar-refractivity contribution in [3.8, 4) is 17.2 Å². The Balaban J connectivity index is 1.03. The van der Waals surface area contributed by atoms with Crippen molar-refractivity contribution in [2.75, 3.05) is 34.8 Å². The van der Waals surface area contributed by atoms with Crippen LogP contribution in [0.3, 0.4) is 0 Å². The number of nitrogens with one attached hydrogen (secondary N) is 1. The molecule has 1 atom stereocenters. The molecule has 2 fully saturated rings. The summed E-state index contributed by atoms with van der Waals surface area (Å²) in [5, 5.41) is 17.7. The molecule has 3 aromatic heterocycles. The van der Waals surface area contributed by atoms with E-state index < -0.39 is 0 Å². The van der Waals surface area contributed by atoms with Crippen LogP contribution in [0.2, 0.25) is 0 Å². The van der Waals surface area contributed by atoms with E-state index in [-0.39, 0.29) is 23.4 Å². The minimum Gasteiger partial charge on any atom is -0.355 e. The van der Waals surface area contributed by atoms with Gasteiger partial charge in [-0.05, 0) is 69.6 Å². The zero-order chi connectivity index (χ0) is 33.1. The van der Waals surface area contributed by atoms with Crippen molar-refractivity contribution in [3.63, 3.8) is 0 Å². The topological polar surface area (TPSA) is 128 Å². The molecule has 1 aromatic carbocycles. The number of nitrogens with zero attached hydrogens (tertiary/aromatic N) is 9. The van der Waals surface area contributed by atoms with Crippen LogP contribution in [0.4, 0.5) is 17.6 Å².